The number of carbonyl (C=O) groups is 1. The summed E-state index contributed by atoms with van der Waals surface area (Å²) >= 11 is 0. The van der Waals surface area contributed by atoms with Crippen molar-refractivity contribution < 1.29 is 14.3 Å². The van der Waals surface area contributed by atoms with Gasteiger partial charge in [0.25, 0.3) is 5.91 Å². The van der Waals surface area contributed by atoms with Gasteiger partial charge in [0.1, 0.15) is 5.82 Å². The summed E-state index contributed by atoms with van der Waals surface area (Å²) in [6, 6.07) is 15.3. The highest BCUT2D eigenvalue weighted by atomic mass is 19.1. The highest BCUT2D eigenvalue weighted by Gasteiger charge is 2.34. The molecule has 30 heavy (non-hydrogen) atoms. The fraction of sp³-hybridized carbons (Fsp3) is 0.250. The number of hydrogen-bond acceptors (Lipinski definition) is 4. The molecule has 5 nitrogen and oxygen atoms in total. The van der Waals surface area contributed by atoms with Crippen LogP contribution in [-0.2, 0) is 6.42 Å². The Labute approximate surface area is 175 Å². The predicted octanol–water partition coefficient (Wildman–Crippen LogP) is 3.68. The molecule has 1 saturated heterocycles. The van der Waals surface area contributed by atoms with E-state index in [4.69, 9.17) is 5.73 Å². The second-order valence-corrected chi connectivity index (χ2v) is 7.86. The maximum atomic E-state index is 14.0. The van der Waals surface area contributed by atoms with Crippen molar-refractivity contribution in [2.75, 3.05) is 18.8 Å². The zero-order valence-electron chi connectivity index (χ0n) is 16.6. The lowest BCUT2D eigenvalue weighted by molar-refractivity contribution is -0.0162. The lowest BCUT2D eigenvalue weighted by Crippen LogP contribution is -2.47. The number of carbonyl (C=O) groups excluding carboxylic acids is 1. The summed E-state index contributed by atoms with van der Waals surface area (Å²) in [6.07, 6.45) is 4.72. The van der Waals surface area contributed by atoms with Gasteiger partial charge in [-0.05, 0) is 65.9 Å². The van der Waals surface area contributed by atoms with Crippen LogP contribution in [0.2, 0.25) is 0 Å². The van der Waals surface area contributed by atoms with Crippen LogP contribution in [0.1, 0.15) is 28.8 Å². The standard InChI is InChI=1S/C24H24FN3O2/c25-19-3-6-21(18-7-11-27-12-8-18)22(15-19)23(29)28-13-9-24(30,10-14-28)16-17-1-4-20(26)5-2-17/h1-8,11-12,15,30H,9-10,13-14,16,26H2. The molecule has 0 unspecified atom stereocenters. The summed E-state index contributed by atoms with van der Waals surface area (Å²) in [6.45, 7) is 0.827. The number of halogens is 1. The molecule has 3 N–H and O–H groups in total. The summed E-state index contributed by atoms with van der Waals surface area (Å²) in [4.78, 5) is 18.9. The van der Waals surface area contributed by atoms with Gasteiger partial charge in [-0.1, -0.05) is 18.2 Å². The third-order valence-electron chi connectivity index (χ3n) is 5.70. The zero-order chi connectivity index (χ0) is 21.1. The molecule has 6 heteroatoms. The van der Waals surface area contributed by atoms with Gasteiger partial charge >= 0.3 is 0 Å². The smallest absolute Gasteiger partial charge is 0.254 e. The Morgan fingerprint density at radius 2 is 1.73 bits per heavy atom. The number of pyridine rings is 1. The second kappa shape index (κ2) is 8.24. The van der Waals surface area contributed by atoms with E-state index in [-0.39, 0.29) is 5.91 Å². The fourth-order valence-corrected chi connectivity index (χ4v) is 3.97. The van der Waals surface area contributed by atoms with Crippen LogP contribution in [0.15, 0.2) is 67.0 Å². The molecule has 0 spiro atoms. The van der Waals surface area contributed by atoms with E-state index < -0.39 is 11.4 Å². The summed E-state index contributed by atoms with van der Waals surface area (Å²) in [5, 5.41) is 11.0. The van der Waals surface area contributed by atoms with Crippen molar-refractivity contribution >= 4 is 11.6 Å². The van der Waals surface area contributed by atoms with Crippen LogP contribution < -0.4 is 5.73 Å². The molecule has 0 atom stereocenters. The van der Waals surface area contributed by atoms with Crippen LogP contribution in [0.4, 0.5) is 10.1 Å². The molecule has 3 aromatic rings. The molecule has 1 aromatic heterocycles. The third kappa shape index (κ3) is 4.33. The van der Waals surface area contributed by atoms with Crippen molar-refractivity contribution in [2.45, 2.75) is 24.9 Å². The number of aromatic nitrogens is 1. The van der Waals surface area contributed by atoms with Crippen molar-refractivity contribution in [3.05, 3.63) is 83.9 Å². The van der Waals surface area contributed by atoms with Gasteiger partial charge in [0.05, 0.1) is 11.2 Å². The van der Waals surface area contributed by atoms with E-state index in [9.17, 15) is 14.3 Å². The Morgan fingerprint density at radius 3 is 2.40 bits per heavy atom. The average Bonchev–Trinajstić information content (AvgIpc) is 2.76. The Kier molecular flexibility index (Phi) is 5.50. The number of nitrogens with two attached hydrogens (primary N) is 1. The van der Waals surface area contributed by atoms with Crippen molar-refractivity contribution in [1.82, 2.24) is 9.88 Å². The first-order valence-electron chi connectivity index (χ1n) is 10.00. The molecule has 1 aliphatic heterocycles. The van der Waals surface area contributed by atoms with Crippen LogP contribution >= 0.6 is 0 Å². The molecule has 154 valence electrons. The fourth-order valence-electron chi connectivity index (χ4n) is 3.97. The van der Waals surface area contributed by atoms with Gasteiger partial charge in [0.15, 0.2) is 0 Å². The molecule has 0 bridgehead atoms. The van der Waals surface area contributed by atoms with Crippen LogP contribution in [0.5, 0.6) is 0 Å². The maximum Gasteiger partial charge on any atom is 0.254 e. The molecule has 1 fully saturated rings. The molecule has 0 aliphatic carbocycles. The normalized spacial score (nSPS) is 15.7. The number of anilines is 1. The monoisotopic (exact) mass is 405 g/mol. The van der Waals surface area contributed by atoms with Crippen LogP contribution in [0, 0.1) is 5.82 Å². The molecule has 2 aromatic carbocycles. The van der Waals surface area contributed by atoms with Crippen LogP contribution in [0.3, 0.4) is 0 Å². The number of likely N-dealkylation sites (tertiary alicyclic amines) is 1. The lowest BCUT2D eigenvalue weighted by atomic mass is 9.85. The van der Waals surface area contributed by atoms with Crippen molar-refractivity contribution in [3.8, 4) is 11.1 Å². The number of nitrogens with zero attached hydrogens (tertiary/aromatic N) is 2. The molecule has 1 amide bonds. The summed E-state index contributed by atoms with van der Waals surface area (Å²) < 4.78 is 14.0. The predicted molar refractivity (Wildman–Crippen MR) is 114 cm³/mol. The number of piperidine rings is 1. The number of aliphatic hydroxyl groups is 1. The Morgan fingerprint density at radius 1 is 1.07 bits per heavy atom. The first-order valence-corrected chi connectivity index (χ1v) is 10.00. The molecule has 4 rings (SSSR count). The lowest BCUT2D eigenvalue weighted by Gasteiger charge is -2.38. The number of benzene rings is 2. The molecule has 0 radical (unpaired) electrons. The first kappa shape index (κ1) is 20.0. The van der Waals surface area contributed by atoms with E-state index in [1.165, 1.54) is 12.1 Å². The minimum atomic E-state index is -0.872. The van der Waals surface area contributed by atoms with E-state index in [0.29, 0.717) is 49.2 Å². The molecule has 2 heterocycles. The van der Waals surface area contributed by atoms with Crippen LogP contribution in [-0.4, -0.2) is 39.6 Å². The van der Waals surface area contributed by atoms with Gasteiger partial charge in [-0.2, -0.15) is 0 Å². The highest BCUT2D eigenvalue weighted by Crippen LogP contribution is 2.30. The van der Waals surface area contributed by atoms with Crippen molar-refractivity contribution in [1.29, 1.82) is 0 Å². The Balaban J connectivity index is 1.50. The van der Waals surface area contributed by atoms with Gasteiger partial charge in [0.2, 0.25) is 0 Å². The number of nitrogen functional groups attached to an aromatic ring is 1. The SMILES string of the molecule is Nc1ccc(CC2(O)CCN(C(=O)c3cc(F)ccc3-c3ccncc3)CC2)cc1. The maximum absolute atomic E-state index is 14.0. The number of amides is 1. The topological polar surface area (TPSA) is 79.5 Å². The van der Waals surface area contributed by atoms with Gasteiger partial charge in [-0.3, -0.25) is 9.78 Å². The van der Waals surface area contributed by atoms with E-state index in [1.54, 1.807) is 35.5 Å². The summed E-state index contributed by atoms with van der Waals surface area (Å²) in [5.41, 5.74) is 8.36. The summed E-state index contributed by atoms with van der Waals surface area (Å²) in [7, 11) is 0. The van der Waals surface area contributed by atoms with Crippen molar-refractivity contribution in [3.63, 3.8) is 0 Å². The van der Waals surface area contributed by atoms with E-state index in [1.807, 2.05) is 24.3 Å². The van der Waals surface area contributed by atoms with Gasteiger partial charge in [-0.25, -0.2) is 4.39 Å². The van der Waals surface area contributed by atoms with Crippen molar-refractivity contribution in [2.24, 2.45) is 0 Å². The first-order chi connectivity index (χ1) is 14.4. The van der Waals surface area contributed by atoms with E-state index in [2.05, 4.69) is 4.98 Å². The van der Waals surface area contributed by atoms with Gasteiger partial charge in [-0.15, -0.1) is 0 Å². The average molecular weight is 405 g/mol. The molecular weight excluding hydrogens is 381 g/mol. The third-order valence-corrected chi connectivity index (χ3v) is 5.70. The Hall–Kier alpha value is -3.25. The van der Waals surface area contributed by atoms with E-state index >= 15 is 0 Å². The molecule has 0 saturated carbocycles. The second-order valence-electron chi connectivity index (χ2n) is 7.86. The van der Waals surface area contributed by atoms with E-state index in [0.717, 1.165) is 11.1 Å². The minimum absolute atomic E-state index is 0.226. The zero-order valence-corrected chi connectivity index (χ0v) is 16.6. The molecule has 1 aliphatic rings. The van der Waals surface area contributed by atoms with Crippen LogP contribution in [0.25, 0.3) is 11.1 Å². The number of rotatable bonds is 4. The largest absolute Gasteiger partial charge is 0.399 e. The summed E-state index contributed by atoms with van der Waals surface area (Å²) in [5.74, 6) is -0.677. The number of hydrogen-bond donors (Lipinski definition) is 2. The van der Waals surface area contributed by atoms with Gasteiger partial charge < -0.3 is 15.7 Å². The Bertz CT molecular complexity index is 1030. The highest BCUT2D eigenvalue weighted by molar-refractivity contribution is 6.01. The molecular formula is C24H24FN3O2. The van der Waals surface area contributed by atoms with Gasteiger partial charge in [0, 0.05) is 37.6 Å². The quantitative estimate of drug-likeness (QED) is 0.649. The minimum Gasteiger partial charge on any atom is -0.399 e.